The summed E-state index contributed by atoms with van der Waals surface area (Å²) in [6, 6.07) is 12.0. The molecule has 5 heteroatoms. The highest BCUT2D eigenvalue weighted by Crippen LogP contribution is 2.17. The maximum absolute atomic E-state index is 12.6. The maximum atomic E-state index is 12.6. The number of aliphatic imine (C=N–C) groups is 1. The van der Waals surface area contributed by atoms with Gasteiger partial charge in [0.15, 0.2) is 0 Å². The number of nitrogens with one attached hydrogen (secondary N) is 1. The van der Waals surface area contributed by atoms with Crippen molar-refractivity contribution in [1.82, 2.24) is 10.3 Å². The van der Waals surface area contributed by atoms with Gasteiger partial charge < -0.3 is 5.32 Å². The largest absolute Gasteiger partial charge is 0.366 e. The molecule has 0 aliphatic rings. The second kappa shape index (κ2) is 9.61. The molecule has 2 rings (SSSR count). The Kier molecular flexibility index (Phi) is 7.21. The number of hydrogen-bond donors (Lipinski definition) is 1. The van der Waals surface area contributed by atoms with Gasteiger partial charge in [-0.2, -0.15) is 0 Å². The lowest BCUT2D eigenvalue weighted by atomic mass is 10.1. The standard InChI is InChI=1S/C21H23F2N3/c1-4-12-24-21(25-13-11-16(3)20(22)23)18-9-10-19(26-14-18)17-7-5-15(2)6-8-17/h4-11,14,20H,1,12-13H2,2-3H3,(H,24,25)/b16-11+. The van der Waals surface area contributed by atoms with E-state index in [1.54, 1.807) is 12.3 Å². The number of alkyl halides is 2. The third-order valence-electron chi connectivity index (χ3n) is 3.80. The van der Waals surface area contributed by atoms with Gasteiger partial charge in [0, 0.05) is 23.9 Å². The van der Waals surface area contributed by atoms with Crippen molar-refractivity contribution < 1.29 is 8.78 Å². The summed E-state index contributed by atoms with van der Waals surface area (Å²) in [5.41, 5.74) is 3.91. The number of amidine groups is 1. The lowest BCUT2D eigenvalue weighted by Crippen LogP contribution is -2.25. The number of nitrogens with zero attached hydrogens (tertiary/aromatic N) is 2. The van der Waals surface area contributed by atoms with Gasteiger partial charge in [0.25, 0.3) is 6.43 Å². The lowest BCUT2D eigenvalue weighted by Gasteiger charge is -2.09. The van der Waals surface area contributed by atoms with E-state index < -0.39 is 6.43 Å². The Morgan fingerprint density at radius 1 is 1.23 bits per heavy atom. The topological polar surface area (TPSA) is 37.3 Å². The van der Waals surface area contributed by atoms with E-state index in [0.717, 1.165) is 16.8 Å². The number of allylic oxidation sites excluding steroid dienone is 1. The van der Waals surface area contributed by atoms with Gasteiger partial charge in [-0.05, 0) is 31.6 Å². The van der Waals surface area contributed by atoms with E-state index in [2.05, 4.69) is 21.9 Å². The van der Waals surface area contributed by atoms with Gasteiger partial charge in [0.05, 0.1) is 12.2 Å². The Morgan fingerprint density at radius 2 is 1.96 bits per heavy atom. The second-order valence-electron chi connectivity index (χ2n) is 5.91. The van der Waals surface area contributed by atoms with Gasteiger partial charge in [-0.3, -0.25) is 9.98 Å². The fourth-order valence-electron chi connectivity index (χ4n) is 2.22. The zero-order valence-corrected chi connectivity index (χ0v) is 15.0. The van der Waals surface area contributed by atoms with Crippen LogP contribution in [0.3, 0.4) is 0 Å². The predicted octanol–water partition coefficient (Wildman–Crippen LogP) is 4.79. The molecule has 0 bridgehead atoms. The summed E-state index contributed by atoms with van der Waals surface area (Å²) in [6.45, 7) is 7.81. The van der Waals surface area contributed by atoms with E-state index in [9.17, 15) is 8.78 Å². The van der Waals surface area contributed by atoms with Crippen molar-refractivity contribution in [2.24, 2.45) is 4.99 Å². The molecule has 3 nitrogen and oxygen atoms in total. The monoisotopic (exact) mass is 355 g/mol. The van der Waals surface area contributed by atoms with Crippen LogP contribution in [0, 0.1) is 6.92 Å². The number of benzene rings is 1. The van der Waals surface area contributed by atoms with Crippen LogP contribution in [0.15, 0.2) is 71.9 Å². The summed E-state index contributed by atoms with van der Waals surface area (Å²) in [5.74, 6) is 0.603. The van der Waals surface area contributed by atoms with Crippen LogP contribution in [-0.4, -0.2) is 30.3 Å². The summed E-state index contributed by atoms with van der Waals surface area (Å²) < 4.78 is 25.1. The van der Waals surface area contributed by atoms with E-state index >= 15 is 0 Å². The first-order valence-electron chi connectivity index (χ1n) is 8.38. The van der Waals surface area contributed by atoms with Gasteiger partial charge in [-0.25, -0.2) is 8.78 Å². The molecule has 0 saturated carbocycles. The molecule has 0 spiro atoms. The van der Waals surface area contributed by atoms with Gasteiger partial charge in [-0.1, -0.05) is 42.0 Å². The molecule has 0 fully saturated rings. The molecular formula is C21H23F2N3. The number of hydrogen-bond acceptors (Lipinski definition) is 2. The molecule has 1 aromatic carbocycles. The summed E-state index contributed by atoms with van der Waals surface area (Å²) in [6.07, 6.45) is 2.41. The predicted molar refractivity (Wildman–Crippen MR) is 104 cm³/mol. The highest BCUT2D eigenvalue weighted by atomic mass is 19.3. The minimum atomic E-state index is -2.45. The van der Waals surface area contributed by atoms with Crippen molar-refractivity contribution in [3.05, 3.63) is 78.0 Å². The fraction of sp³-hybridized carbons (Fsp3) is 0.238. The molecule has 0 amide bonds. The first-order valence-corrected chi connectivity index (χ1v) is 8.38. The minimum absolute atomic E-state index is 0.0182. The van der Waals surface area contributed by atoms with E-state index in [1.165, 1.54) is 18.6 Å². The molecular weight excluding hydrogens is 332 g/mol. The van der Waals surface area contributed by atoms with Crippen LogP contribution < -0.4 is 5.32 Å². The Hall–Kier alpha value is -2.82. The Labute approximate surface area is 153 Å². The Morgan fingerprint density at radius 3 is 2.54 bits per heavy atom. The van der Waals surface area contributed by atoms with Crippen molar-refractivity contribution in [2.45, 2.75) is 20.3 Å². The van der Waals surface area contributed by atoms with Crippen LogP contribution in [0.2, 0.25) is 0 Å². The van der Waals surface area contributed by atoms with Gasteiger partial charge in [0.2, 0.25) is 0 Å². The van der Waals surface area contributed by atoms with Crippen molar-refractivity contribution in [3.63, 3.8) is 0 Å². The fourth-order valence-corrected chi connectivity index (χ4v) is 2.22. The molecule has 1 heterocycles. The Balaban J connectivity index is 2.20. The third kappa shape index (κ3) is 5.62. The highest BCUT2D eigenvalue weighted by molar-refractivity contribution is 5.98. The lowest BCUT2D eigenvalue weighted by molar-refractivity contribution is 0.189. The summed E-state index contributed by atoms with van der Waals surface area (Å²) in [4.78, 5) is 8.87. The van der Waals surface area contributed by atoms with E-state index in [1.807, 2.05) is 43.3 Å². The van der Waals surface area contributed by atoms with Crippen LogP contribution >= 0.6 is 0 Å². The number of aromatic nitrogens is 1. The zero-order chi connectivity index (χ0) is 18.9. The first-order chi connectivity index (χ1) is 12.5. The van der Waals surface area contributed by atoms with Crippen molar-refractivity contribution in [3.8, 4) is 11.3 Å². The smallest absolute Gasteiger partial charge is 0.259 e. The van der Waals surface area contributed by atoms with Crippen molar-refractivity contribution in [1.29, 1.82) is 0 Å². The summed E-state index contributed by atoms with van der Waals surface area (Å²) in [7, 11) is 0. The normalized spacial score (nSPS) is 12.3. The first kappa shape index (κ1) is 19.5. The molecule has 1 N–H and O–H groups in total. The summed E-state index contributed by atoms with van der Waals surface area (Å²) >= 11 is 0. The zero-order valence-electron chi connectivity index (χ0n) is 15.0. The SMILES string of the molecule is C=CCNC(=NC/C=C(\C)C(F)F)c1ccc(-c2ccc(C)cc2)nc1. The van der Waals surface area contributed by atoms with Gasteiger partial charge >= 0.3 is 0 Å². The average molecular weight is 355 g/mol. The van der Waals surface area contributed by atoms with Gasteiger partial charge in [0.1, 0.15) is 5.84 Å². The molecule has 0 aliphatic carbocycles. The molecule has 2 aromatic rings. The number of pyridine rings is 1. The molecule has 0 saturated heterocycles. The number of rotatable bonds is 7. The molecule has 0 unspecified atom stereocenters. The highest BCUT2D eigenvalue weighted by Gasteiger charge is 2.06. The molecule has 26 heavy (non-hydrogen) atoms. The van der Waals surface area contributed by atoms with Crippen LogP contribution in [0.1, 0.15) is 18.1 Å². The van der Waals surface area contributed by atoms with Crippen molar-refractivity contribution >= 4 is 5.84 Å². The third-order valence-corrected chi connectivity index (χ3v) is 3.80. The quantitative estimate of drug-likeness (QED) is 0.440. The van der Waals surface area contributed by atoms with Crippen LogP contribution in [0.5, 0.6) is 0 Å². The minimum Gasteiger partial charge on any atom is -0.366 e. The molecule has 0 aliphatic heterocycles. The van der Waals surface area contributed by atoms with Crippen molar-refractivity contribution in [2.75, 3.05) is 13.1 Å². The van der Waals surface area contributed by atoms with Crippen LogP contribution in [0.25, 0.3) is 11.3 Å². The number of halogens is 2. The Bertz CT molecular complexity index is 776. The molecule has 0 radical (unpaired) electrons. The molecule has 1 aromatic heterocycles. The maximum Gasteiger partial charge on any atom is 0.259 e. The van der Waals surface area contributed by atoms with E-state index in [4.69, 9.17) is 0 Å². The van der Waals surface area contributed by atoms with Crippen LogP contribution in [-0.2, 0) is 0 Å². The molecule has 136 valence electrons. The van der Waals surface area contributed by atoms with Crippen LogP contribution in [0.4, 0.5) is 8.78 Å². The summed E-state index contributed by atoms with van der Waals surface area (Å²) in [5, 5.41) is 3.13. The van der Waals surface area contributed by atoms with E-state index in [-0.39, 0.29) is 12.1 Å². The molecule has 0 atom stereocenters. The second-order valence-corrected chi connectivity index (χ2v) is 5.91. The van der Waals surface area contributed by atoms with Gasteiger partial charge in [-0.15, -0.1) is 6.58 Å². The van der Waals surface area contributed by atoms with E-state index in [0.29, 0.717) is 12.4 Å². The average Bonchev–Trinajstić information content (AvgIpc) is 2.65. The number of aryl methyl sites for hydroxylation is 1.